The van der Waals surface area contributed by atoms with Gasteiger partial charge in [0.15, 0.2) is 0 Å². The van der Waals surface area contributed by atoms with Crippen LogP contribution >= 0.6 is 11.8 Å². The van der Waals surface area contributed by atoms with Gasteiger partial charge in [0.05, 0.1) is 16.6 Å². The van der Waals surface area contributed by atoms with Crippen LogP contribution in [0.4, 0.5) is 0 Å². The molecule has 0 radical (unpaired) electrons. The molecule has 248 valence electrons. The lowest BCUT2D eigenvalue weighted by molar-refractivity contribution is 0.669. The van der Waals surface area contributed by atoms with Gasteiger partial charge in [-0.25, -0.2) is 4.98 Å². The number of pyridine rings is 2. The standard InChI is InChI=1S/C48H29N3OS/c1-2-11-34-30(10-1)18-19-31-20-21-32(33-22-23-41-40(27-33)48-42(14-9-25-50-48)51(41)47-17-7-8-24-49-47)26-37(31)39-28-44-38(35-12-3-5-15-43(35)52-44)29-46(39)53-45-16-6-4-13-36(34)45/h1-29H. The highest BCUT2D eigenvalue weighted by Gasteiger charge is 2.20. The van der Waals surface area contributed by atoms with E-state index in [4.69, 9.17) is 14.4 Å². The second-order valence-electron chi connectivity index (χ2n) is 13.4. The van der Waals surface area contributed by atoms with E-state index in [-0.39, 0.29) is 0 Å². The first-order chi connectivity index (χ1) is 26.3. The van der Waals surface area contributed by atoms with Gasteiger partial charge in [0.2, 0.25) is 0 Å². The Morgan fingerprint density at radius 3 is 2.15 bits per heavy atom. The minimum Gasteiger partial charge on any atom is -0.456 e. The zero-order chi connectivity index (χ0) is 34.9. The molecule has 0 amide bonds. The van der Waals surface area contributed by atoms with Gasteiger partial charge in [-0.15, -0.1) is 0 Å². The normalized spacial score (nSPS) is 12.4. The molecule has 5 heterocycles. The van der Waals surface area contributed by atoms with Crippen molar-refractivity contribution in [3.8, 4) is 39.2 Å². The van der Waals surface area contributed by atoms with Crippen molar-refractivity contribution in [3.63, 3.8) is 0 Å². The van der Waals surface area contributed by atoms with E-state index in [2.05, 4.69) is 138 Å². The third-order valence-corrected chi connectivity index (χ3v) is 11.5. The molecule has 0 bridgehead atoms. The Balaban J connectivity index is 1.16. The van der Waals surface area contributed by atoms with Crippen LogP contribution in [-0.2, 0) is 0 Å². The van der Waals surface area contributed by atoms with E-state index in [9.17, 15) is 0 Å². The zero-order valence-corrected chi connectivity index (χ0v) is 29.2. The highest BCUT2D eigenvalue weighted by atomic mass is 32.2. The lowest BCUT2D eigenvalue weighted by atomic mass is 9.92. The molecule has 4 aromatic heterocycles. The summed E-state index contributed by atoms with van der Waals surface area (Å²) >= 11 is 1.82. The predicted molar refractivity (Wildman–Crippen MR) is 219 cm³/mol. The Hall–Kier alpha value is -6.69. The predicted octanol–water partition coefficient (Wildman–Crippen LogP) is 13.1. The van der Waals surface area contributed by atoms with Gasteiger partial charge in [-0.2, -0.15) is 0 Å². The smallest absolute Gasteiger partial charge is 0.137 e. The van der Waals surface area contributed by atoms with Crippen molar-refractivity contribution in [2.24, 2.45) is 0 Å². The van der Waals surface area contributed by atoms with Crippen LogP contribution in [0.2, 0.25) is 0 Å². The van der Waals surface area contributed by atoms with E-state index >= 15 is 0 Å². The molecule has 0 unspecified atom stereocenters. The van der Waals surface area contributed by atoms with Gasteiger partial charge in [0, 0.05) is 38.3 Å². The molecule has 0 N–H and O–H groups in total. The van der Waals surface area contributed by atoms with E-state index in [0.29, 0.717) is 0 Å². The molecule has 0 fully saturated rings. The average molecular weight is 696 g/mol. The Morgan fingerprint density at radius 1 is 0.453 bits per heavy atom. The minimum atomic E-state index is 0.873. The van der Waals surface area contributed by atoms with Gasteiger partial charge in [0.1, 0.15) is 17.0 Å². The van der Waals surface area contributed by atoms with E-state index in [0.717, 1.165) is 77.5 Å². The molecule has 0 atom stereocenters. The van der Waals surface area contributed by atoms with E-state index < -0.39 is 0 Å². The Morgan fingerprint density at radius 2 is 1.23 bits per heavy atom. The van der Waals surface area contributed by atoms with Gasteiger partial charge in [-0.1, -0.05) is 109 Å². The van der Waals surface area contributed by atoms with E-state index in [1.807, 2.05) is 54.5 Å². The lowest BCUT2D eigenvalue weighted by Gasteiger charge is -2.16. The molecule has 0 saturated carbocycles. The summed E-state index contributed by atoms with van der Waals surface area (Å²) < 4.78 is 8.71. The van der Waals surface area contributed by atoms with Crippen LogP contribution in [0.1, 0.15) is 11.1 Å². The van der Waals surface area contributed by atoms with Crippen LogP contribution in [0, 0.1) is 0 Å². The summed E-state index contributed by atoms with van der Waals surface area (Å²) in [5.74, 6) is 0.873. The third-order valence-electron chi connectivity index (χ3n) is 10.4. The topological polar surface area (TPSA) is 43.9 Å². The Bertz CT molecular complexity index is 3100. The number of rotatable bonds is 2. The molecule has 5 heteroatoms. The molecule has 1 aliphatic rings. The van der Waals surface area contributed by atoms with Crippen LogP contribution in [0.25, 0.3) is 95.2 Å². The second-order valence-corrected chi connectivity index (χ2v) is 14.5. The first-order valence-electron chi connectivity index (χ1n) is 17.7. The number of aromatic nitrogens is 3. The van der Waals surface area contributed by atoms with E-state index in [1.165, 1.54) is 26.5 Å². The first-order valence-corrected chi connectivity index (χ1v) is 18.5. The maximum atomic E-state index is 6.51. The van der Waals surface area contributed by atoms with Crippen molar-refractivity contribution in [2.75, 3.05) is 0 Å². The number of nitrogens with zero attached hydrogens (tertiary/aromatic N) is 3. The molecule has 0 spiro atoms. The molecule has 10 aromatic rings. The van der Waals surface area contributed by atoms with Crippen molar-refractivity contribution in [1.82, 2.24) is 14.5 Å². The van der Waals surface area contributed by atoms with Crippen LogP contribution in [0.3, 0.4) is 0 Å². The SMILES string of the molecule is C1=Cc2ccc(-c3ccc4c(c3)c3ncccc3n4-c3ccccn3)cc2-c2cc3oc4ccccc4c3cc2Sc2ccccc2-c2ccccc21. The number of para-hydroxylation sites is 1. The molecular formula is C48H29N3OS. The maximum absolute atomic E-state index is 6.51. The first kappa shape index (κ1) is 30.0. The van der Waals surface area contributed by atoms with Crippen LogP contribution in [0.15, 0.2) is 178 Å². The van der Waals surface area contributed by atoms with Gasteiger partial charge in [0.25, 0.3) is 0 Å². The number of benzene rings is 6. The van der Waals surface area contributed by atoms with Gasteiger partial charge < -0.3 is 4.42 Å². The van der Waals surface area contributed by atoms with Crippen molar-refractivity contribution in [1.29, 1.82) is 0 Å². The summed E-state index contributed by atoms with van der Waals surface area (Å²) in [7, 11) is 0. The second kappa shape index (κ2) is 11.9. The monoisotopic (exact) mass is 695 g/mol. The summed E-state index contributed by atoms with van der Waals surface area (Å²) in [5.41, 5.74) is 14.1. The quantitative estimate of drug-likeness (QED) is 0.181. The largest absolute Gasteiger partial charge is 0.456 e. The third kappa shape index (κ3) is 4.85. The van der Waals surface area contributed by atoms with Crippen molar-refractivity contribution in [2.45, 2.75) is 9.79 Å². The summed E-state index contributed by atoms with van der Waals surface area (Å²) in [6.07, 6.45) is 8.22. The van der Waals surface area contributed by atoms with Crippen LogP contribution < -0.4 is 0 Å². The molecule has 6 aromatic carbocycles. The van der Waals surface area contributed by atoms with Crippen molar-refractivity contribution in [3.05, 3.63) is 175 Å². The number of hydrogen-bond donors (Lipinski definition) is 0. The number of hydrogen-bond acceptors (Lipinski definition) is 4. The Labute approximate surface area is 309 Å². The summed E-state index contributed by atoms with van der Waals surface area (Å²) in [5, 5.41) is 3.34. The lowest BCUT2D eigenvalue weighted by Crippen LogP contribution is -1.96. The molecule has 0 aliphatic carbocycles. The molecule has 11 rings (SSSR count). The summed E-state index contributed by atoms with van der Waals surface area (Å²) in [6, 6.07) is 54.0. The highest BCUT2D eigenvalue weighted by Crippen LogP contribution is 2.47. The molecule has 53 heavy (non-hydrogen) atoms. The van der Waals surface area contributed by atoms with Gasteiger partial charge in [-0.05, 0) is 111 Å². The molecule has 4 nitrogen and oxygen atoms in total. The van der Waals surface area contributed by atoms with Gasteiger partial charge >= 0.3 is 0 Å². The molecular weight excluding hydrogens is 667 g/mol. The number of fused-ring (bicyclic) bond motifs is 12. The average Bonchev–Trinajstić information content (AvgIpc) is 3.74. The fourth-order valence-corrected chi connectivity index (χ4v) is 9.00. The molecule has 0 saturated heterocycles. The maximum Gasteiger partial charge on any atom is 0.137 e. The minimum absolute atomic E-state index is 0.873. The zero-order valence-electron chi connectivity index (χ0n) is 28.4. The summed E-state index contributed by atoms with van der Waals surface area (Å²) in [6.45, 7) is 0. The Kier molecular flexibility index (Phi) is 6.76. The van der Waals surface area contributed by atoms with Crippen molar-refractivity contribution < 1.29 is 4.42 Å². The fraction of sp³-hybridized carbons (Fsp3) is 0. The van der Waals surface area contributed by atoms with E-state index in [1.54, 1.807) is 0 Å². The fourth-order valence-electron chi connectivity index (χ4n) is 7.87. The van der Waals surface area contributed by atoms with Gasteiger partial charge in [-0.3, -0.25) is 9.55 Å². The highest BCUT2D eigenvalue weighted by molar-refractivity contribution is 7.99. The van der Waals surface area contributed by atoms with Crippen molar-refractivity contribution >= 4 is 67.8 Å². The summed E-state index contributed by atoms with van der Waals surface area (Å²) in [4.78, 5) is 11.9. The number of furan rings is 1. The molecule has 1 aliphatic heterocycles. The van der Waals surface area contributed by atoms with Crippen LogP contribution in [0.5, 0.6) is 0 Å². The van der Waals surface area contributed by atoms with Crippen LogP contribution in [-0.4, -0.2) is 14.5 Å².